The van der Waals surface area contributed by atoms with Crippen molar-refractivity contribution in [3.8, 4) is 46.0 Å². The second kappa shape index (κ2) is 44.7. The molecule has 0 aliphatic heterocycles. The van der Waals surface area contributed by atoms with Gasteiger partial charge in [0.1, 0.15) is 23.0 Å². The average molecular weight is 1370 g/mol. The van der Waals surface area contributed by atoms with Crippen molar-refractivity contribution in [2.45, 2.75) is 143 Å². The van der Waals surface area contributed by atoms with Crippen molar-refractivity contribution in [1.82, 2.24) is 19.9 Å². The molecule has 16 nitrogen and oxygen atoms in total. The largest absolute Gasteiger partial charge is 0.494 e. The molecule has 98 heavy (non-hydrogen) atoms. The molecule has 0 fully saturated rings. The molecule has 0 N–H and O–H groups in total. The highest BCUT2D eigenvalue weighted by Crippen LogP contribution is 2.24. The smallest absolute Gasteiger partial charge is 0.343 e. The lowest BCUT2D eigenvalue weighted by molar-refractivity contribution is 0.0716. The summed E-state index contributed by atoms with van der Waals surface area (Å²) in [5.41, 5.74) is 0.936. The zero-order valence-corrected chi connectivity index (χ0v) is 55.1. The molecule has 0 saturated carbocycles. The van der Waals surface area contributed by atoms with Gasteiger partial charge < -0.3 is 37.9 Å². The van der Waals surface area contributed by atoms with Gasteiger partial charge in [0.05, 0.1) is 48.7 Å². The molecule has 24 heteroatoms. The quantitative estimate of drug-likeness (QED) is 0.0160. The molecule has 0 radical (unpaired) electrons. The Morgan fingerprint density at radius 3 is 0.653 bits per heavy atom. The summed E-state index contributed by atoms with van der Waals surface area (Å²) in [6.07, 6.45) is 20.5. The first-order valence-electron chi connectivity index (χ1n) is 32.5. The van der Waals surface area contributed by atoms with Gasteiger partial charge in [-0.2, -0.15) is 55.1 Å². The van der Waals surface area contributed by atoms with Crippen molar-refractivity contribution in [2.75, 3.05) is 26.4 Å². The Labute approximate surface area is 565 Å². The van der Waals surface area contributed by atoms with Crippen LogP contribution in [0.3, 0.4) is 0 Å². The first-order valence-corrected chi connectivity index (χ1v) is 32.5. The molecule has 524 valence electrons. The van der Waals surface area contributed by atoms with E-state index in [0.29, 0.717) is 49.4 Å². The Morgan fingerprint density at radius 1 is 0.255 bits per heavy atom. The molecule has 4 aromatic carbocycles. The van der Waals surface area contributed by atoms with Crippen molar-refractivity contribution in [3.63, 3.8) is 0 Å². The molecular weight excluding hydrogens is 1290 g/mol. The maximum Gasteiger partial charge on any atom is 0.343 e. The van der Waals surface area contributed by atoms with Crippen LogP contribution in [0.4, 0.5) is 35.1 Å². The Morgan fingerprint density at radius 2 is 0.439 bits per heavy atom. The molecule has 0 aliphatic carbocycles. The third-order valence-corrected chi connectivity index (χ3v) is 13.9. The minimum atomic E-state index is -1.17. The number of esters is 4. The van der Waals surface area contributed by atoms with E-state index in [0.717, 1.165) is 106 Å². The van der Waals surface area contributed by atoms with Crippen molar-refractivity contribution < 1.29 is 92.2 Å². The van der Waals surface area contributed by atoms with Gasteiger partial charge >= 0.3 is 23.9 Å². The van der Waals surface area contributed by atoms with E-state index in [1.54, 1.807) is 48.5 Å². The van der Waals surface area contributed by atoms with Crippen molar-refractivity contribution >= 4 is 23.9 Å². The number of carbonyl (C=O) groups is 4. The Balaban J connectivity index is 0.000000236. The maximum atomic E-state index is 13.4. The standard InChI is InChI=1S/C20H23F2NO3.C19H21F2NO3.C18H19F2NO3.C17H17F2NO3/c1-2-3-4-5-6-7-14-25-16-10-8-15(9-11-16)20(24)26-17-12-13-18(21)23-19(17)22;1-2-3-4-5-6-13-24-15-9-7-14(8-10-15)19(23)25-16-11-12-17(20)22-18(16)21;1-2-3-4-5-12-23-14-8-6-13(7-9-14)18(22)24-15-10-11-16(19)21-17(15)20;1-2-3-4-11-22-13-7-5-12(6-8-13)17(21)23-14-9-10-15(18)20-16(14)19/h8-13H,2-7,14H2,1H3;7-12H,2-6,13H2,1H3;6-11H,2-5,12H2,1H3;5-10H,2-4,11H2,1H3. The minimum absolute atomic E-state index is 0.231. The number of hydrogen-bond acceptors (Lipinski definition) is 16. The highest BCUT2D eigenvalue weighted by Gasteiger charge is 2.18. The van der Waals surface area contributed by atoms with E-state index >= 15 is 0 Å². The SMILES string of the molecule is CCCCCCCCOc1ccc(C(=O)Oc2ccc(F)nc2F)cc1.CCCCCCCOc1ccc(C(=O)Oc2ccc(F)nc2F)cc1.CCCCCCOc1ccc(C(=O)Oc2ccc(F)nc2F)cc1.CCCCCOc1ccc(C(=O)Oc2ccc(F)nc2F)cc1. The Hall–Kier alpha value is -10.0. The van der Waals surface area contributed by atoms with Crippen LogP contribution in [0.5, 0.6) is 46.0 Å². The van der Waals surface area contributed by atoms with E-state index in [2.05, 4.69) is 47.6 Å². The topological polar surface area (TPSA) is 194 Å². The number of unbranched alkanes of at least 4 members (excludes halogenated alkanes) is 14. The van der Waals surface area contributed by atoms with Gasteiger partial charge in [0.2, 0.25) is 23.8 Å². The molecule has 4 heterocycles. The molecule has 0 amide bonds. The van der Waals surface area contributed by atoms with Crippen LogP contribution >= 0.6 is 0 Å². The summed E-state index contributed by atoms with van der Waals surface area (Å²) in [5, 5.41) is 0. The van der Waals surface area contributed by atoms with Gasteiger partial charge in [-0.05, 0) is 171 Å². The molecular formula is C74H80F8N4O12. The summed E-state index contributed by atoms with van der Waals surface area (Å²) >= 11 is 0. The average Bonchev–Trinajstić information content (AvgIpc) is 0.998. The van der Waals surface area contributed by atoms with E-state index in [-0.39, 0.29) is 22.3 Å². The second-order valence-corrected chi connectivity index (χ2v) is 21.7. The number of nitrogens with zero attached hydrogens (tertiary/aromatic N) is 4. The van der Waals surface area contributed by atoms with E-state index in [1.807, 2.05) is 0 Å². The highest BCUT2D eigenvalue weighted by molar-refractivity contribution is 5.93. The van der Waals surface area contributed by atoms with Crippen LogP contribution < -0.4 is 37.9 Å². The molecule has 0 unspecified atom stereocenters. The normalized spacial score (nSPS) is 10.5. The van der Waals surface area contributed by atoms with Crippen LogP contribution in [0.15, 0.2) is 146 Å². The molecule has 0 spiro atoms. The molecule has 8 rings (SSSR count). The van der Waals surface area contributed by atoms with Gasteiger partial charge in [-0.25, -0.2) is 19.2 Å². The minimum Gasteiger partial charge on any atom is -0.494 e. The van der Waals surface area contributed by atoms with E-state index in [9.17, 15) is 54.3 Å². The predicted molar refractivity (Wildman–Crippen MR) is 350 cm³/mol. The second-order valence-electron chi connectivity index (χ2n) is 21.7. The van der Waals surface area contributed by atoms with Crippen LogP contribution in [0.1, 0.15) is 185 Å². The predicted octanol–water partition coefficient (Wildman–Crippen LogP) is 18.9. The molecule has 4 aromatic heterocycles. The molecule has 0 bridgehead atoms. The van der Waals surface area contributed by atoms with Gasteiger partial charge in [0, 0.05) is 0 Å². The van der Waals surface area contributed by atoms with Gasteiger partial charge in [0.15, 0.2) is 23.0 Å². The lowest BCUT2D eigenvalue weighted by Crippen LogP contribution is -2.10. The van der Waals surface area contributed by atoms with Crippen LogP contribution in [0.2, 0.25) is 0 Å². The number of ether oxygens (including phenoxy) is 8. The van der Waals surface area contributed by atoms with E-state index in [4.69, 9.17) is 37.9 Å². The lowest BCUT2D eigenvalue weighted by Gasteiger charge is -2.08. The zero-order chi connectivity index (χ0) is 70.9. The van der Waals surface area contributed by atoms with Crippen molar-refractivity contribution in [2.24, 2.45) is 0 Å². The summed E-state index contributed by atoms with van der Waals surface area (Å²) in [6.45, 7) is 11.1. The van der Waals surface area contributed by atoms with Crippen LogP contribution in [0.25, 0.3) is 0 Å². The number of rotatable bonds is 34. The van der Waals surface area contributed by atoms with Gasteiger partial charge in [-0.1, -0.05) is 118 Å². The number of pyridine rings is 4. The lowest BCUT2D eigenvalue weighted by atomic mass is 10.1. The first-order chi connectivity index (χ1) is 47.4. The summed E-state index contributed by atoms with van der Waals surface area (Å²) in [5.74, 6) is -10.7. The van der Waals surface area contributed by atoms with Crippen LogP contribution in [-0.4, -0.2) is 70.2 Å². The summed E-state index contributed by atoms with van der Waals surface area (Å²) in [7, 11) is 0. The Kier molecular flexibility index (Phi) is 35.9. The third-order valence-electron chi connectivity index (χ3n) is 13.9. The fraction of sp³-hybridized carbons (Fsp3) is 0.351. The number of aromatic nitrogens is 4. The summed E-state index contributed by atoms with van der Waals surface area (Å²) in [6, 6.07) is 33.2. The number of benzene rings is 4. The number of halogens is 8. The fourth-order valence-corrected chi connectivity index (χ4v) is 8.52. The highest BCUT2D eigenvalue weighted by atomic mass is 19.2. The number of carbonyl (C=O) groups excluding carboxylic acids is 4. The maximum absolute atomic E-state index is 13.4. The van der Waals surface area contributed by atoms with Gasteiger partial charge in [-0.15, -0.1) is 0 Å². The zero-order valence-electron chi connectivity index (χ0n) is 55.1. The first kappa shape index (κ1) is 78.7. The van der Waals surface area contributed by atoms with Crippen LogP contribution in [-0.2, 0) is 0 Å². The van der Waals surface area contributed by atoms with Gasteiger partial charge in [0.25, 0.3) is 23.8 Å². The van der Waals surface area contributed by atoms with Crippen LogP contribution in [0, 0.1) is 47.6 Å². The fourth-order valence-electron chi connectivity index (χ4n) is 8.52. The molecule has 8 aromatic rings. The van der Waals surface area contributed by atoms with E-state index in [1.165, 1.54) is 106 Å². The van der Waals surface area contributed by atoms with Crippen molar-refractivity contribution in [3.05, 3.63) is 215 Å². The van der Waals surface area contributed by atoms with E-state index < -0.39 is 94.5 Å². The number of hydrogen-bond donors (Lipinski definition) is 0. The van der Waals surface area contributed by atoms with Crippen molar-refractivity contribution in [1.29, 1.82) is 0 Å². The summed E-state index contributed by atoms with van der Waals surface area (Å²) in [4.78, 5) is 59.7. The van der Waals surface area contributed by atoms with Gasteiger partial charge in [-0.3, -0.25) is 0 Å². The monoisotopic (exact) mass is 1370 g/mol. The Bertz CT molecular complexity index is 3690. The molecule has 0 aliphatic rings. The summed E-state index contributed by atoms with van der Waals surface area (Å²) < 4.78 is 146. The molecule has 0 saturated heterocycles. The molecule has 0 atom stereocenters. The third kappa shape index (κ3) is 30.0.